The predicted octanol–water partition coefficient (Wildman–Crippen LogP) is 3.27. The van der Waals surface area contributed by atoms with Crippen LogP contribution in [0.2, 0.25) is 0 Å². The average Bonchev–Trinajstić information content (AvgIpc) is 2.98. The highest BCUT2D eigenvalue weighted by molar-refractivity contribution is 6.22. The summed E-state index contributed by atoms with van der Waals surface area (Å²) in [5.41, 5.74) is 2.07. The molecule has 0 saturated carbocycles. The van der Waals surface area contributed by atoms with Crippen molar-refractivity contribution in [2.45, 2.75) is 31.7 Å². The van der Waals surface area contributed by atoms with Gasteiger partial charge in [-0.1, -0.05) is 48.5 Å². The normalized spacial score (nSPS) is 22.2. The van der Waals surface area contributed by atoms with Crippen LogP contribution < -0.4 is 4.90 Å². The number of benzene rings is 2. The standard InChI is InChI=1S/C22H24N2O2/c25-21-16-20(22(26)24(21)19-9-5-2-6-10-19)23-13-11-18(12-14-23)15-17-7-3-1-4-8-17/h1-10,18,20H,11-16H2/t20-/m0/s1. The van der Waals surface area contributed by atoms with Crippen molar-refractivity contribution in [3.8, 4) is 0 Å². The number of carbonyl (C=O) groups is 2. The maximum absolute atomic E-state index is 12.9. The molecule has 2 aromatic rings. The van der Waals surface area contributed by atoms with E-state index in [1.54, 1.807) is 0 Å². The first-order chi connectivity index (χ1) is 12.7. The van der Waals surface area contributed by atoms with Crippen LogP contribution in [0.3, 0.4) is 0 Å². The van der Waals surface area contributed by atoms with Crippen molar-refractivity contribution in [2.75, 3.05) is 18.0 Å². The molecule has 0 radical (unpaired) electrons. The Hall–Kier alpha value is -2.46. The highest BCUT2D eigenvalue weighted by atomic mass is 16.2. The summed E-state index contributed by atoms with van der Waals surface area (Å²) in [6.45, 7) is 1.79. The van der Waals surface area contributed by atoms with E-state index >= 15 is 0 Å². The van der Waals surface area contributed by atoms with Crippen LogP contribution in [0.1, 0.15) is 24.8 Å². The molecule has 4 heteroatoms. The van der Waals surface area contributed by atoms with Gasteiger partial charge < -0.3 is 0 Å². The second kappa shape index (κ2) is 7.42. The van der Waals surface area contributed by atoms with E-state index in [-0.39, 0.29) is 17.9 Å². The molecule has 0 N–H and O–H groups in total. The van der Waals surface area contributed by atoms with E-state index in [1.165, 1.54) is 10.5 Å². The number of anilines is 1. The molecule has 1 atom stereocenters. The predicted molar refractivity (Wildman–Crippen MR) is 102 cm³/mol. The van der Waals surface area contributed by atoms with E-state index in [0.717, 1.165) is 32.4 Å². The monoisotopic (exact) mass is 348 g/mol. The number of likely N-dealkylation sites (tertiary alicyclic amines) is 1. The Morgan fingerprint density at radius 1 is 0.846 bits per heavy atom. The van der Waals surface area contributed by atoms with Gasteiger partial charge in [0.2, 0.25) is 5.91 Å². The summed E-state index contributed by atoms with van der Waals surface area (Å²) < 4.78 is 0. The molecule has 2 amide bonds. The molecular weight excluding hydrogens is 324 g/mol. The fourth-order valence-corrected chi connectivity index (χ4v) is 4.17. The Kier molecular flexibility index (Phi) is 4.85. The van der Waals surface area contributed by atoms with Gasteiger partial charge in [-0.2, -0.15) is 0 Å². The van der Waals surface area contributed by atoms with Crippen LogP contribution in [0.25, 0.3) is 0 Å². The first-order valence-electron chi connectivity index (χ1n) is 9.42. The van der Waals surface area contributed by atoms with Crippen molar-refractivity contribution in [1.82, 2.24) is 4.90 Å². The van der Waals surface area contributed by atoms with Gasteiger partial charge in [-0.3, -0.25) is 14.5 Å². The zero-order valence-corrected chi connectivity index (χ0v) is 14.9. The molecule has 0 aromatic heterocycles. The lowest BCUT2D eigenvalue weighted by molar-refractivity contribution is -0.123. The molecule has 2 fully saturated rings. The molecular formula is C22H24N2O2. The van der Waals surface area contributed by atoms with E-state index in [1.807, 2.05) is 36.4 Å². The van der Waals surface area contributed by atoms with Crippen LogP contribution >= 0.6 is 0 Å². The van der Waals surface area contributed by atoms with Gasteiger partial charge in [0.1, 0.15) is 0 Å². The van der Waals surface area contributed by atoms with E-state index < -0.39 is 0 Å². The van der Waals surface area contributed by atoms with Gasteiger partial charge >= 0.3 is 0 Å². The quantitative estimate of drug-likeness (QED) is 0.796. The highest BCUT2D eigenvalue weighted by Gasteiger charge is 2.43. The molecule has 2 aliphatic heterocycles. The molecule has 4 rings (SSSR count). The number of imide groups is 1. The Morgan fingerprint density at radius 3 is 2.12 bits per heavy atom. The Balaban J connectivity index is 1.37. The molecule has 0 bridgehead atoms. The van der Waals surface area contributed by atoms with E-state index in [4.69, 9.17) is 0 Å². The molecule has 134 valence electrons. The van der Waals surface area contributed by atoms with Gasteiger partial charge in [0.25, 0.3) is 5.91 Å². The van der Waals surface area contributed by atoms with Crippen LogP contribution in [0.5, 0.6) is 0 Å². The number of carbonyl (C=O) groups excluding carboxylic acids is 2. The minimum Gasteiger partial charge on any atom is -0.292 e. The SMILES string of the molecule is O=C1C[C@H](N2CCC(Cc3ccccc3)CC2)C(=O)N1c1ccccc1. The fourth-order valence-electron chi connectivity index (χ4n) is 4.17. The smallest absolute Gasteiger partial charge is 0.251 e. The molecule has 2 saturated heterocycles. The average molecular weight is 348 g/mol. The van der Waals surface area contributed by atoms with Gasteiger partial charge in [-0.15, -0.1) is 0 Å². The zero-order chi connectivity index (χ0) is 17.9. The Morgan fingerprint density at radius 2 is 1.46 bits per heavy atom. The summed E-state index contributed by atoms with van der Waals surface area (Å²) in [4.78, 5) is 28.8. The summed E-state index contributed by atoms with van der Waals surface area (Å²) in [5.74, 6) is 0.506. The van der Waals surface area contributed by atoms with Gasteiger partial charge in [-0.25, -0.2) is 4.90 Å². The van der Waals surface area contributed by atoms with Gasteiger partial charge in [0.05, 0.1) is 18.2 Å². The maximum Gasteiger partial charge on any atom is 0.251 e. The van der Waals surface area contributed by atoms with Crippen LogP contribution in [0.15, 0.2) is 60.7 Å². The Labute approximate surface area is 154 Å². The lowest BCUT2D eigenvalue weighted by Gasteiger charge is -2.34. The van der Waals surface area contributed by atoms with Crippen molar-refractivity contribution >= 4 is 17.5 Å². The van der Waals surface area contributed by atoms with Crippen molar-refractivity contribution < 1.29 is 9.59 Å². The summed E-state index contributed by atoms with van der Waals surface area (Å²) in [6.07, 6.45) is 3.57. The number of rotatable bonds is 4. The fraction of sp³-hybridized carbons (Fsp3) is 0.364. The molecule has 4 nitrogen and oxygen atoms in total. The molecule has 2 aromatic carbocycles. The molecule has 2 heterocycles. The van der Waals surface area contributed by atoms with Crippen LogP contribution in [0, 0.1) is 5.92 Å². The van der Waals surface area contributed by atoms with E-state index in [2.05, 4.69) is 29.2 Å². The van der Waals surface area contributed by atoms with Crippen molar-refractivity contribution in [1.29, 1.82) is 0 Å². The van der Waals surface area contributed by atoms with Gasteiger partial charge in [0.15, 0.2) is 0 Å². The number of hydrogen-bond acceptors (Lipinski definition) is 3. The minimum atomic E-state index is -0.291. The highest BCUT2D eigenvalue weighted by Crippen LogP contribution is 2.29. The molecule has 26 heavy (non-hydrogen) atoms. The number of piperidine rings is 1. The lowest BCUT2D eigenvalue weighted by atomic mass is 9.89. The number of nitrogens with zero attached hydrogens (tertiary/aromatic N) is 2. The zero-order valence-electron chi connectivity index (χ0n) is 14.9. The largest absolute Gasteiger partial charge is 0.292 e. The number of hydrogen-bond donors (Lipinski definition) is 0. The summed E-state index contributed by atoms with van der Waals surface area (Å²) in [7, 11) is 0. The van der Waals surface area contributed by atoms with E-state index in [0.29, 0.717) is 18.0 Å². The maximum atomic E-state index is 12.9. The molecule has 2 aliphatic rings. The third-order valence-electron chi connectivity index (χ3n) is 5.59. The van der Waals surface area contributed by atoms with Crippen LogP contribution in [-0.2, 0) is 16.0 Å². The first kappa shape index (κ1) is 17.0. The van der Waals surface area contributed by atoms with Crippen molar-refractivity contribution in [3.05, 3.63) is 66.2 Å². The van der Waals surface area contributed by atoms with Crippen LogP contribution in [0.4, 0.5) is 5.69 Å². The van der Waals surface area contributed by atoms with Gasteiger partial charge in [-0.05, 0) is 56.0 Å². The second-order valence-electron chi connectivity index (χ2n) is 7.29. The summed E-state index contributed by atoms with van der Waals surface area (Å²) in [5, 5.41) is 0. The van der Waals surface area contributed by atoms with E-state index in [9.17, 15) is 9.59 Å². The summed E-state index contributed by atoms with van der Waals surface area (Å²) >= 11 is 0. The van der Waals surface area contributed by atoms with Crippen molar-refractivity contribution in [3.63, 3.8) is 0 Å². The molecule has 0 unspecified atom stereocenters. The first-order valence-corrected chi connectivity index (χ1v) is 9.42. The van der Waals surface area contributed by atoms with Crippen molar-refractivity contribution in [2.24, 2.45) is 5.92 Å². The second-order valence-corrected chi connectivity index (χ2v) is 7.29. The Bertz CT molecular complexity index is 767. The molecule has 0 spiro atoms. The number of para-hydroxylation sites is 1. The summed E-state index contributed by atoms with van der Waals surface area (Å²) in [6, 6.07) is 19.6. The van der Waals surface area contributed by atoms with Crippen LogP contribution in [-0.4, -0.2) is 35.8 Å². The third kappa shape index (κ3) is 3.42. The molecule has 0 aliphatic carbocycles. The lowest BCUT2D eigenvalue weighted by Crippen LogP contribution is -2.46. The minimum absolute atomic E-state index is 0.0669. The number of amides is 2. The third-order valence-corrected chi connectivity index (χ3v) is 5.59. The van der Waals surface area contributed by atoms with Gasteiger partial charge in [0, 0.05) is 0 Å². The topological polar surface area (TPSA) is 40.6 Å².